The lowest BCUT2D eigenvalue weighted by Crippen LogP contribution is -2.13. The van der Waals surface area contributed by atoms with E-state index in [4.69, 9.17) is 11.6 Å². The zero-order chi connectivity index (χ0) is 19.6. The number of halogens is 1. The van der Waals surface area contributed by atoms with Crippen LogP contribution in [0.1, 0.15) is 17.3 Å². The molecule has 0 unspecified atom stereocenters. The van der Waals surface area contributed by atoms with E-state index in [0.29, 0.717) is 21.8 Å². The molecule has 0 amide bonds. The number of nitrogens with one attached hydrogen (secondary N) is 2. The summed E-state index contributed by atoms with van der Waals surface area (Å²) in [4.78, 5) is 25.7. The first-order valence-corrected chi connectivity index (χ1v) is 10.7. The average Bonchev–Trinajstić information content (AvgIpc) is 3.04. The van der Waals surface area contributed by atoms with Crippen LogP contribution in [0.3, 0.4) is 0 Å². The summed E-state index contributed by atoms with van der Waals surface area (Å²) in [6.45, 7) is 1.40. The molecule has 0 radical (unpaired) electrons. The summed E-state index contributed by atoms with van der Waals surface area (Å²) in [6, 6.07) is 12.6. The van der Waals surface area contributed by atoms with Crippen LogP contribution < -0.4 is 4.72 Å². The number of fused-ring (bicyclic) bond motifs is 1. The van der Waals surface area contributed by atoms with Crippen molar-refractivity contribution in [2.24, 2.45) is 0 Å². The van der Waals surface area contributed by atoms with Gasteiger partial charge in [0.15, 0.2) is 15.9 Å². The van der Waals surface area contributed by atoms with Gasteiger partial charge in [0, 0.05) is 34.1 Å². The van der Waals surface area contributed by atoms with Crippen LogP contribution in [0, 0.1) is 0 Å². The standard InChI is InChI=1S/C18H15ClN2O4S2/c1-11(22)26-10-17(23)12-3-6-15(7-4-12)21-27(24,25)18-8-13-2-5-14(19)9-16(13)20-18/h2-9,20-21H,10H2,1H3. The van der Waals surface area contributed by atoms with Gasteiger partial charge in [-0.3, -0.25) is 14.3 Å². The molecule has 0 saturated carbocycles. The molecule has 0 atom stereocenters. The second-order valence-corrected chi connectivity index (χ2v) is 8.99. The van der Waals surface area contributed by atoms with Gasteiger partial charge in [-0.1, -0.05) is 29.4 Å². The minimum absolute atomic E-state index is 0.0118. The molecule has 1 heterocycles. The molecule has 0 fully saturated rings. The molecular formula is C18H15ClN2O4S2. The van der Waals surface area contributed by atoms with Crippen molar-refractivity contribution in [3.63, 3.8) is 0 Å². The van der Waals surface area contributed by atoms with E-state index in [1.807, 2.05) is 0 Å². The predicted octanol–water partition coefficient (Wildman–Crippen LogP) is 4.08. The second-order valence-electron chi connectivity index (χ2n) is 5.75. The maximum atomic E-state index is 12.6. The van der Waals surface area contributed by atoms with Crippen LogP contribution in [0.5, 0.6) is 0 Å². The van der Waals surface area contributed by atoms with Crippen LogP contribution in [0.2, 0.25) is 5.02 Å². The topological polar surface area (TPSA) is 96.1 Å². The number of benzene rings is 2. The molecule has 27 heavy (non-hydrogen) atoms. The number of sulfonamides is 1. The maximum Gasteiger partial charge on any atom is 0.277 e. The molecular weight excluding hydrogens is 408 g/mol. The molecule has 9 heteroatoms. The van der Waals surface area contributed by atoms with Crippen LogP contribution in [-0.2, 0) is 14.8 Å². The van der Waals surface area contributed by atoms with Crippen molar-refractivity contribution in [1.82, 2.24) is 4.98 Å². The number of ketones is 1. The van der Waals surface area contributed by atoms with Crippen LogP contribution in [0.4, 0.5) is 5.69 Å². The highest BCUT2D eigenvalue weighted by molar-refractivity contribution is 8.14. The highest BCUT2D eigenvalue weighted by Gasteiger charge is 2.17. The van der Waals surface area contributed by atoms with Crippen LogP contribution in [0.25, 0.3) is 10.9 Å². The fourth-order valence-electron chi connectivity index (χ4n) is 2.40. The largest absolute Gasteiger partial charge is 0.344 e. The molecule has 2 aromatic carbocycles. The van der Waals surface area contributed by atoms with E-state index < -0.39 is 10.0 Å². The number of aromatic amines is 1. The average molecular weight is 423 g/mol. The molecule has 0 spiro atoms. The van der Waals surface area contributed by atoms with Crippen molar-refractivity contribution in [2.45, 2.75) is 11.9 Å². The van der Waals surface area contributed by atoms with E-state index >= 15 is 0 Å². The van der Waals surface area contributed by atoms with Gasteiger partial charge < -0.3 is 4.98 Å². The molecule has 0 saturated heterocycles. The summed E-state index contributed by atoms with van der Waals surface area (Å²) < 4.78 is 27.6. The molecule has 3 aromatic rings. The van der Waals surface area contributed by atoms with E-state index in [-0.39, 0.29) is 21.7 Å². The first-order chi connectivity index (χ1) is 12.7. The molecule has 0 bridgehead atoms. The number of anilines is 1. The van der Waals surface area contributed by atoms with Gasteiger partial charge in [-0.15, -0.1) is 0 Å². The highest BCUT2D eigenvalue weighted by Crippen LogP contribution is 2.24. The summed E-state index contributed by atoms with van der Waals surface area (Å²) in [7, 11) is -3.82. The monoisotopic (exact) mass is 422 g/mol. The fourth-order valence-corrected chi connectivity index (χ4v) is 4.16. The van der Waals surface area contributed by atoms with Crippen molar-refractivity contribution < 1.29 is 18.0 Å². The van der Waals surface area contributed by atoms with Gasteiger partial charge in [-0.25, -0.2) is 0 Å². The number of thioether (sulfide) groups is 1. The third-order valence-corrected chi connectivity index (χ3v) is 6.07. The Bertz CT molecular complexity index is 1120. The third-order valence-electron chi connectivity index (χ3n) is 3.71. The summed E-state index contributed by atoms with van der Waals surface area (Å²) in [6.07, 6.45) is 0. The lowest BCUT2D eigenvalue weighted by molar-refractivity contribution is -0.109. The summed E-state index contributed by atoms with van der Waals surface area (Å²) in [5.74, 6) is -0.144. The smallest absolute Gasteiger partial charge is 0.277 e. The Balaban J connectivity index is 1.76. The Morgan fingerprint density at radius 1 is 1.11 bits per heavy atom. The quantitative estimate of drug-likeness (QED) is 0.583. The van der Waals surface area contributed by atoms with Gasteiger partial charge in [0.2, 0.25) is 0 Å². The van der Waals surface area contributed by atoms with Crippen molar-refractivity contribution >= 4 is 60.9 Å². The highest BCUT2D eigenvalue weighted by atomic mass is 35.5. The minimum Gasteiger partial charge on any atom is -0.344 e. The first kappa shape index (κ1) is 19.5. The first-order valence-electron chi connectivity index (χ1n) is 7.82. The van der Waals surface area contributed by atoms with Crippen LogP contribution in [-0.4, -0.2) is 30.1 Å². The number of carbonyl (C=O) groups is 2. The van der Waals surface area contributed by atoms with Gasteiger partial charge in [-0.2, -0.15) is 8.42 Å². The molecule has 1 aromatic heterocycles. The van der Waals surface area contributed by atoms with E-state index in [1.54, 1.807) is 18.2 Å². The zero-order valence-corrected chi connectivity index (χ0v) is 16.5. The lowest BCUT2D eigenvalue weighted by Gasteiger charge is -2.07. The van der Waals surface area contributed by atoms with E-state index in [9.17, 15) is 18.0 Å². The fraction of sp³-hybridized carbons (Fsp3) is 0.111. The minimum atomic E-state index is -3.82. The molecule has 0 aliphatic carbocycles. The Hall–Kier alpha value is -2.29. The lowest BCUT2D eigenvalue weighted by atomic mass is 10.1. The predicted molar refractivity (Wildman–Crippen MR) is 108 cm³/mol. The van der Waals surface area contributed by atoms with Crippen molar-refractivity contribution in [3.05, 3.63) is 59.1 Å². The van der Waals surface area contributed by atoms with Gasteiger partial charge in [0.05, 0.1) is 5.75 Å². The Morgan fingerprint density at radius 2 is 1.81 bits per heavy atom. The van der Waals surface area contributed by atoms with Crippen LogP contribution >= 0.6 is 23.4 Å². The second kappa shape index (κ2) is 7.75. The summed E-state index contributed by atoms with van der Waals surface area (Å²) in [5.41, 5.74) is 1.35. The van der Waals surface area contributed by atoms with Gasteiger partial charge in [0.1, 0.15) is 0 Å². The number of carbonyl (C=O) groups excluding carboxylic acids is 2. The third kappa shape index (κ3) is 4.71. The Morgan fingerprint density at radius 3 is 2.48 bits per heavy atom. The maximum absolute atomic E-state index is 12.6. The van der Waals surface area contributed by atoms with E-state index in [2.05, 4.69) is 9.71 Å². The number of Topliss-reactive ketones (excluding diaryl/α,β-unsaturated/α-hetero) is 1. The number of hydrogen-bond acceptors (Lipinski definition) is 5. The molecule has 2 N–H and O–H groups in total. The number of aromatic nitrogens is 1. The molecule has 3 rings (SSSR count). The normalized spacial score (nSPS) is 11.5. The molecule has 0 aliphatic rings. The van der Waals surface area contributed by atoms with Crippen molar-refractivity contribution in [3.8, 4) is 0 Å². The Kier molecular flexibility index (Phi) is 5.59. The number of hydrogen-bond donors (Lipinski definition) is 2. The zero-order valence-electron chi connectivity index (χ0n) is 14.2. The SMILES string of the molecule is CC(=O)SCC(=O)c1ccc(NS(=O)(=O)c2cc3ccc(Cl)cc3[nH]2)cc1. The molecule has 0 aliphatic heterocycles. The van der Waals surface area contributed by atoms with Crippen LogP contribution in [0.15, 0.2) is 53.6 Å². The van der Waals surface area contributed by atoms with Gasteiger partial charge in [-0.05, 0) is 42.5 Å². The Labute approximate surface area is 165 Å². The van der Waals surface area contributed by atoms with Crippen molar-refractivity contribution in [2.75, 3.05) is 10.5 Å². The molecule has 140 valence electrons. The number of H-pyrrole nitrogens is 1. The van der Waals surface area contributed by atoms with Crippen molar-refractivity contribution in [1.29, 1.82) is 0 Å². The van der Waals surface area contributed by atoms with E-state index in [1.165, 1.54) is 37.3 Å². The van der Waals surface area contributed by atoms with E-state index in [0.717, 1.165) is 17.1 Å². The summed E-state index contributed by atoms with van der Waals surface area (Å²) >= 11 is 6.85. The van der Waals surface area contributed by atoms with Gasteiger partial charge in [0.25, 0.3) is 10.0 Å². The summed E-state index contributed by atoms with van der Waals surface area (Å²) in [5, 5.41) is 1.11. The number of rotatable bonds is 6. The van der Waals surface area contributed by atoms with Gasteiger partial charge >= 0.3 is 0 Å². The molecule has 6 nitrogen and oxygen atoms in total.